The largest absolute Gasteiger partial charge is 0.469 e. The molecule has 0 radical (unpaired) electrons. The van der Waals surface area contributed by atoms with Crippen LogP contribution in [-0.2, 0) is 9.53 Å². The average molecular weight is 175 g/mol. The van der Waals surface area contributed by atoms with Crippen LogP contribution in [0.25, 0.3) is 0 Å². The van der Waals surface area contributed by atoms with Crippen molar-refractivity contribution in [2.45, 2.75) is 12.5 Å². The van der Waals surface area contributed by atoms with E-state index in [1.165, 1.54) is 7.11 Å². The third kappa shape index (κ3) is 6.12. The number of hydrogen-bond acceptors (Lipinski definition) is 3. The van der Waals surface area contributed by atoms with Crippen molar-refractivity contribution in [2.75, 3.05) is 34.8 Å². The maximum Gasteiger partial charge on any atom is 0.307 e. The van der Waals surface area contributed by atoms with Gasteiger partial charge in [0.25, 0.3) is 0 Å². The highest BCUT2D eigenvalue weighted by molar-refractivity contribution is 5.69. The summed E-state index contributed by atoms with van der Waals surface area (Å²) in [6, 6.07) is -0.113. The van der Waals surface area contributed by atoms with E-state index in [-0.39, 0.29) is 12.0 Å². The summed E-state index contributed by atoms with van der Waals surface area (Å²) in [7, 11) is 7.49. The predicted octanol–water partition coefficient (Wildman–Crippen LogP) is -0.417. The molecule has 0 unspecified atom stereocenters. The van der Waals surface area contributed by atoms with Gasteiger partial charge in [0.15, 0.2) is 0 Å². The Morgan fingerprint density at radius 2 is 2.00 bits per heavy atom. The summed E-state index contributed by atoms with van der Waals surface area (Å²) in [5.41, 5.74) is 5.72. The Balaban J connectivity index is 3.74. The molecule has 0 heterocycles. The minimum absolute atomic E-state index is 0.113. The molecule has 0 saturated heterocycles. The highest BCUT2D eigenvalue weighted by Gasteiger charge is 2.17. The van der Waals surface area contributed by atoms with Crippen LogP contribution in [0.2, 0.25) is 0 Å². The van der Waals surface area contributed by atoms with Crippen molar-refractivity contribution in [1.29, 1.82) is 0 Å². The number of hydrogen-bond donors (Lipinski definition) is 1. The van der Waals surface area contributed by atoms with Crippen LogP contribution >= 0.6 is 0 Å². The minimum atomic E-state index is -0.240. The molecule has 0 aromatic carbocycles. The van der Waals surface area contributed by atoms with Crippen LogP contribution in [0.15, 0.2) is 0 Å². The molecule has 0 fully saturated rings. The van der Waals surface area contributed by atoms with E-state index in [2.05, 4.69) is 4.74 Å². The quantitative estimate of drug-likeness (QED) is 0.466. The zero-order valence-electron chi connectivity index (χ0n) is 8.33. The topological polar surface area (TPSA) is 52.3 Å². The molecule has 0 amide bonds. The van der Waals surface area contributed by atoms with Gasteiger partial charge in [-0.25, -0.2) is 0 Å². The molecule has 0 aromatic rings. The van der Waals surface area contributed by atoms with Crippen molar-refractivity contribution in [3.05, 3.63) is 0 Å². The van der Waals surface area contributed by atoms with Gasteiger partial charge >= 0.3 is 5.97 Å². The lowest BCUT2D eigenvalue weighted by atomic mass is 10.2. The summed E-state index contributed by atoms with van der Waals surface area (Å²) < 4.78 is 5.27. The minimum Gasteiger partial charge on any atom is -0.469 e. The summed E-state index contributed by atoms with van der Waals surface area (Å²) in [5.74, 6) is -0.240. The van der Waals surface area contributed by atoms with Crippen molar-refractivity contribution in [3.63, 3.8) is 0 Å². The Labute approximate surface area is 73.9 Å². The fourth-order valence-corrected chi connectivity index (χ4v) is 1.07. The van der Waals surface area contributed by atoms with Gasteiger partial charge in [0.1, 0.15) is 0 Å². The molecule has 72 valence electrons. The molecule has 12 heavy (non-hydrogen) atoms. The Kier molecular flexibility index (Phi) is 4.20. The highest BCUT2D eigenvalue weighted by atomic mass is 16.5. The Morgan fingerprint density at radius 1 is 1.50 bits per heavy atom. The van der Waals surface area contributed by atoms with Crippen molar-refractivity contribution < 1.29 is 14.0 Å². The van der Waals surface area contributed by atoms with E-state index in [1.807, 2.05) is 21.1 Å². The SMILES string of the molecule is COC(=O)C[C@H](N)C[N+](C)(C)C. The zero-order chi connectivity index (χ0) is 9.78. The molecule has 1 atom stereocenters. The average Bonchev–Trinajstić information content (AvgIpc) is 1.82. The Bertz CT molecular complexity index is 152. The van der Waals surface area contributed by atoms with E-state index in [4.69, 9.17) is 5.73 Å². The molecule has 0 rings (SSSR count). The number of esters is 1. The second-order valence-corrected chi connectivity index (χ2v) is 4.01. The second kappa shape index (κ2) is 4.42. The van der Waals surface area contributed by atoms with Crippen molar-refractivity contribution in [3.8, 4) is 0 Å². The van der Waals surface area contributed by atoms with Crippen molar-refractivity contribution in [2.24, 2.45) is 5.73 Å². The zero-order valence-corrected chi connectivity index (χ0v) is 8.33. The van der Waals surface area contributed by atoms with E-state index in [0.29, 0.717) is 6.42 Å². The van der Waals surface area contributed by atoms with Crippen LogP contribution in [0.5, 0.6) is 0 Å². The third-order valence-electron chi connectivity index (χ3n) is 1.44. The smallest absolute Gasteiger partial charge is 0.307 e. The normalized spacial score (nSPS) is 14.1. The van der Waals surface area contributed by atoms with Gasteiger partial charge in [-0.2, -0.15) is 0 Å². The molecule has 0 aromatic heterocycles. The van der Waals surface area contributed by atoms with E-state index < -0.39 is 0 Å². The fraction of sp³-hybridized carbons (Fsp3) is 0.875. The molecular weight excluding hydrogens is 156 g/mol. The molecule has 2 N–H and O–H groups in total. The summed E-state index contributed by atoms with van der Waals surface area (Å²) in [6.07, 6.45) is 0.298. The number of likely N-dealkylation sites (N-methyl/N-ethyl adjacent to an activating group) is 1. The molecule has 0 aliphatic heterocycles. The Morgan fingerprint density at radius 3 is 2.33 bits per heavy atom. The molecule has 4 heteroatoms. The van der Waals surface area contributed by atoms with Gasteiger partial charge in [-0.05, 0) is 0 Å². The number of carbonyl (C=O) groups excluding carboxylic acids is 1. The molecule has 0 spiro atoms. The maximum atomic E-state index is 10.8. The van der Waals surface area contributed by atoms with E-state index in [0.717, 1.165) is 11.0 Å². The lowest BCUT2D eigenvalue weighted by molar-refractivity contribution is -0.871. The van der Waals surface area contributed by atoms with Crippen LogP contribution in [0.1, 0.15) is 6.42 Å². The summed E-state index contributed by atoms with van der Waals surface area (Å²) >= 11 is 0. The highest BCUT2D eigenvalue weighted by Crippen LogP contribution is 1.97. The molecule has 0 saturated carbocycles. The lowest BCUT2D eigenvalue weighted by Gasteiger charge is -2.26. The van der Waals surface area contributed by atoms with E-state index in [1.54, 1.807) is 0 Å². The van der Waals surface area contributed by atoms with Gasteiger partial charge in [0.05, 0.1) is 47.3 Å². The number of quaternary nitrogens is 1. The fourth-order valence-electron chi connectivity index (χ4n) is 1.07. The number of rotatable bonds is 4. The second-order valence-electron chi connectivity index (χ2n) is 4.01. The van der Waals surface area contributed by atoms with E-state index in [9.17, 15) is 4.79 Å². The van der Waals surface area contributed by atoms with Crippen molar-refractivity contribution in [1.82, 2.24) is 0 Å². The summed E-state index contributed by atoms with van der Waals surface area (Å²) in [4.78, 5) is 10.8. The number of carbonyl (C=O) groups is 1. The van der Waals surface area contributed by atoms with Gasteiger partial charge in [-0.15, -0.1) is 0 Å². The van der Waals surface area contributed by atoms with Gasteiger partial charge in [-0.3, -0.25) is 4.79 Å². The Hall–Kier alpha value is -0.610. The van der Waals surface area contributed by atoms with Crippen LogP contribution in [-0.4, -0.2) is 51.3 Å². The van der Waals surface area contributed by atoms with Gasteiger partial charge in [0.2, 0.25) is 0 Å². The van der Waals surface area contributed by atoms with Crippen LogP contribution in [0, 0.1) is 0 Å². The molecule has 4 nitrogen and oxygen atoms in total. The first-order valence-electron chi connectivity index (χ1n) is 3.98. The van der Waals surface area contributed by atoms with Gasteiger partial charge < -0.3 is 15.0 Å². The molecule has 0 bridgehead atoms. The first-order chi connectivity index (χ1) is 5.35. The van der Waals surface area contributed by atoms with Crippen molar-refractivity contribution >= 4 is 5.97 Å². The lowest BCUT2D eigenvalue weighted by Crippen LogP contribution is -2.45. The monoisotopic (exact) mass is 175 g/mol. The standard InChI is InChI=1S/C8H19N2O2/c1-10(2,3)6-7(9)5-8(11)12-4/h7H,5-6,9H2,1-4H3/q+1/t7-/m0/s1. The van der Waals surface area contributed by atoms with E-state index >= 15 is 0 Å². The van der Waals surface area contributed by atoms with Gasteiger partial charge in [-0.1, -0.05) is 0 Å². The number of methoxy groups -OCH3 is 1. The first kappa shape index (κ1) is 11.4. The maximum absolute atomic E-state index is 10.8. The number of nitrogens with two attached hydrogens (primary N) is 1. The summed E-state index contributed by atoms with van der Waals surface area (Å²) in [6.45, 7) is 0.773. The van der Waals surface area contributed by atoms with Gasteiger partial charge in [0, 0.05) is 0 Å². The first-order valence-corrected chi connectivity index (χ1v) is 3.98. The molecule has 0 aliphatic rings. The number of ether oxygens (including phenoxy) is 1. The number of nitrogens with zero attached hydrogens (tertiary/aromatic N) is 1. The van der Waals surface area contributed by atoms with Crippen LogP contribution in [0.4, 0.5) is 0 Å². The van der Waals surface area contributed by atoms with Crippen LogP contribution < -0.4 is 5.73 Å². The summed E-state index contributed by atoms with van der Waals surface area (Å²) in [5, 5.41) is 0. The molecular formula is C8H19N2O2+. The van der Waals surface area contributed by atoms with Crippen LogP contribution in [0.3, 0.4) is 0 Å². The molecule has 0 aliphatic carbocycles. The third-order valence-corrected chi connectivity index (χ3v) is 1.44. The predicted molar refractivity (Wildman–Crippen MR) is 47.5 cm³/mol.